The Balaban J connectivity index is 1.22. The van der Waals surface area contributed by atoms with E-state index in [1.54, 1.807) is 11.8 Å². The third-order valence-electron chi connectivity index (χ3n) is 8.12. The van der Waals surface area contributed by atoms with Gasteiger partial charge in [0.2, 0.25) is 17.7 Å². The van der Waals surface area contributed by atoms with E-state index in [1.807, 2.05) is 30.3 Å². The lowest BCUT2D eigenvalue weighted by molar-refractivity contribution is -0.150. The zero-order valence-electron chi connectivity index (χ0n) is 18.3. The second-order valence-electron chi connectivity index (χ2n) is 10.4. The summed E-state index contributed by atoms with van der Waals surface area (Å²) < 4.78 is 0. The summed E-state index contributed by atoms with van der Waals surface area (Å²) in [5.74, 6) is 1.82. The summed E-state index contributed by atoms with van der Waals surface area (Å²) in [6.45, 7) is 2.33. The topological polar surface area (TPSA) is 78.5 Å². The Bertz CT molecular complexity index is 833. The smallest absolute Gasteiger partial charge is 0.247 e. The maximum Gasteiger partial charge on any atom is 0.247 e. The van der Waals surface area contributed by atoms with E-state index in [2.05, 4.69) is 10.6 Å². The van der Waals surface area contributed by atoms with E-state index in [1.165, 1.54) is 19.3 Å². The van der Waals surface area contributed by atoms with Crippen LogP contribution in [0.3, 0.4) is 0 Å². The van der Waals surface area contributed by atoms with Gasteiger partial charge in [0.15, 0.2) is 0 Å². The first kappa shape index (κ1) is 20.5. The minimum atomic E-state index is -0.606. The van der Waals surface area contributed by atoms with Crippen molar-refractivity contribution in [3.8, 4) is 0 Å². The molecule has 1 aromatic carbocycles. The Kier molecular flexibility index (Phi) is 5.27. The molecule has 2 atom stereocenters. The summed E-state index contributed by atoms with van der Waals surface area (Å²) >= 11 is 0. The third-order valence-corrected chi connectivity index (χ3v) is 8.12. The number of nitrogens with zero attached hydrogens (tertiary/aromatic N) is 1. The predicted molar refractivity (Wildman–Crippen MR) is 118 cm³/mol. The van der Waals surface area contributed by atoms with Gasteiger partial charge in [0.1, 0.15) is 12.1 Å². The molecule has 4 bridgehead atoms. The molecular weight excluding hydrogens is 390 g/mol. The lowest BCUT2D eigenvalue weighted by atomic mass is 9.49. The van der Waals surface area contributed by atoms with Gasteiger partial charge in [0, 0.05) is 17.6 Å². The van der Waals surface area contributed by atoms with Crippen molar-refractivity contribution in [1.82, 2.24) is 10.2 Å². The summed E-state index contributed by atoms with van der Waals surface area (Å²) in [7, 11) is 0. The number of likely N-dealkylation sites (tertiary alicyclic amines) is 1. The van der Waals surface area contributed by atoms with Gasteiger partial charge >= 0.3 is 0 Å². The molecule has 4 aliphatic carbocycles. The number of hydrogen-bond acceptors (Lipinski definition) is 3. The van der Waals surface area contributed by atoms with Crippen LogP contribution in [0.1, 0.15) is 58.3 Å². The van der Waals surface area contributed by atoms with Crippen LogP contribution < -0.4 is 10.6 Å². The second-order valence-corrected chi connectivity index (χ2v) is 10.4. The molecule has 1 heterocycles. The first-order valence-electron chi connectivity index (χ1n) is 11.9. The average molecular weight is 424 g/mol. The number of hydrogen-bond donors (Lipinski definition) is 2. The highest BCUT2D eigenvalue weighted by Gasteiger charge is 2.55. The van der Waals surface area contributed by atoms with Gasteiger partial charge in [-0.25, -0.2) is 0 Å². The van der Waals surface area contributed by atoms with E-state index in [0.29, 0.717) is 30.7 Å². The van der Waals surface area contributed by atoms with Gasteiger partial charge in [0.05, 0.1) is 0 Å². The minimum Gasteiger partial charge on any atom is -0.344 e. The van der Waals surface area contributed by atoms with Crippen LogP contribution in [0, 0.1) is 23.2 Å². The van der Waals surface area contributed by atoms with Gasteiger partial charge in [-0.3, -0.25) is 14.4 Å². The summed E-state index contributed by atoms with van der Waals surface area (Å²) in [5, 5.41) is 5.98. The fourth-order valence-corrected chi connectivity index (χ4v) is 7.10. The molecule has 3 amide bonds. The third kappa shape index (κ3) is 3.85. The quantitative estimate of drug-likeness (QED) is 0.762. The highest BCUT2D eigenvalue weighted by molar-refractivity contribution is 5.99. The van der Waals surface area contributed by atoms with E-state index in [0.717, 1.165) is 31.4 Å². The van der Waals surface area contributed by atoms with E-state index in [-0.39, 0.29) is 23.1 Å². The van der Waals surface area contributed by atoms with E-state index in [9.17, 15) is 14.4 Å². The van der Waals surface area contributed by atoms with Crippen LogP contribution in [-0.4, -0.2) is 41.2 Å². The zero-order valence-corrected chi connectivity index (χ0v) is 18.3. The van der Waals surface area contributed by atoms with Crippen molar-refractivity contribution >= 4 is 23.4 Å². The molecule has 1 aromatic rings. The van der Waals surface area contributed by atoms with E-state index in [4.69, 9.17) is 0 Å². The lowest BCUT2D eigenvalue weighted by Crippen LogP contribution is -2.57. The lowest BCUT2D eigenvalue weighted by Gasteiger charge is -2.55. The molecule has 0 spiro atoms. The maximum absolute atomic E-state index is 13.3. The molecule has 4 saturated carbocycles. The highest BCUT2D eigenvalue weighted by Crippen LogP contribution is 2.60. The molecule has 5 aliphatic rings. The standard InChI is InChI=1S/C25H33N3O3/c1-16(26-24(31)25-13-17-10-18(14-25)12-19(11-17)15-25)23(30)28-9-5-8-21(28)22(29)27-20-6-3-2-4-7-20/h2-4,6-7,16-19,21H,5,8-15H2,1H3,(H,26,31)(H,27,29)/t16-,17?,18?,19?,21-,25?/m0/s1. The molecule has 31 heavy (non-hydrogen) atoms. The van der Waals surface area contributed by atoms with Crippen LogP contribution in [0.5, 0.6) is 0 Å². The summed E-state index contributed by atoms with van der Waals surface area (Å²) in [6, 6.07) is 8.23. The molecule has 166 valence electrons. The van der Waals surface area contributed by atoms with Gasteiger partial charge in [-0.2, -0.15) is 0 Å². The Labute approximate surface area is 184 Å². The molecule has 0 aromatic heterocycles. The monoisotopic (exact) mass is 423 g/mol. The van der Waals surface area contributed by atoms with Gasteiger partial charge < -0.3 is 15.5 Å². The molecule has 6 nitrogen and oxygen atoms in total. The number of anilines is 1. The zero-order chi connectivity index (χ0) is 21.6. The van der Waals surface area contributed by atoms with Crippen LogP contribution >= 0.6 is 0 Å². The Morgan fingerprint density at radius 2 is 1.61 bits per heavy atom. The number of carbonyl (C=O) groups is 3. The SMILES string of the molecule is C[C@H](NC(=O)C12CC3CC(CC(C3)C1)C2)C(=O)N1CCC[C@H]1C(=O)Nc1ccccc1. The Morgan fingerprint density at radius 3 is 2.23 bits per heavy atom. The molecule has 0 unspecified atom stereocenters. The van der Waals surface area contributed by atoms with E-state index >= 15 is 0 Å². The van der Waals surface area contributed by atoms with Gasteiger partial charge in [-0.1, -0.05) is 18.2 Å². The number of amides is 3. The maximum atomic E-state index is 13.3. The van der Waals surface area contributed by atoms with Crippen LogP contribution in [0.15, 0.2) is 30.3 Å². The van der Waals surface area contributed by atoms with Gasteiger partial charge in [-0.15, -0.1) is 0 Å². The fraction of sp³-hybridized carbons (Fsp3) is 0.640. The number of nitrogens with one attached hydrogen (secondary N) is 2. The normalized spacial score (nSPS) is 34.4. The highest BCUT2D eigenvalue weighted by atomic mass is 16.2. The van der Waals surface area contributed by atoms with Crippen LogP contribution in [0.25, 0.3) is 0 Å². The average Bonchev–Trinajstić information content (AvgIpc) is 3.23. The number of benzene rings is 1. The Hall–Kier alpha value is -2.37. The molecule has 1 aliphatic heterocycles. The van der Waals surface area contributed by atoms with Crippen molar-refractivity contribution < 1.29 is 14.4 Å². The van der Waals surface area contributed by atoms with Crippen molar-refractivity contribution in [3.05, 3.63) is 30.3 Å². The molecule has 0 radical (unpaired) electrons. The fourth-order valence-electron chi connectivity index (χ4n) is 7.10. The predicted octanol–water partition coefficient (Wildman–Crippen LogP) is 3.34. The molecule has 6 heteroatoms. The van der Waals surface area contributed by atoms with Crippen LogP contribution in [0.2, 0.25) is 0 Å². The summed E-state index contributed by atoms with van der Waals surface area (Å²) in [4.78, 5) is 41.0. The number of rotatable bonds is 5. The van der Waals surface area contributed by atoms with Crippen molar-refractivity contribution in [1.29, 1.82) is 0 Å². The summed E-state index contributed by atoms with van der Waals surface area (Å²) in [5.41, 5.74) is 0.466. The van der Waals surface area contributed by atoms with Gasteiger partial charge in [-0.05, 0) is 88.2 Å². The van der Waals surface area contributed by atoms with E-state index < -0.39 is 12.1 Å². The van der Waals surface area contributed by atoms with Crippen molar-refractivity contribution in [2.75, 3.05) is 11.9 Å². The molecule has 5 fully saturated rings. The summed E-state index contributed by atoms with van der Waals surface area (Å²) in [6.07, 6.45) is 8.26. The molecular formula is C25H33N3O3. The number of carbonyl (C=O) groups excluding carboxylic acids is 3. The van der Waals surface area contributed by atoms with Crippen molar-refractivity contribution in [3.63, 3.8) is 0 Å². The largest absolute Gasteiger partial charge is 0.344 e. The molecule has 2 N–H and O–H groups in total. The molecule has 6 rings (SSSR count). The van der Waals surface area contributed by atoms with Gasteiger partial charge in [0.25, 0.3) is 0 Å². The Morgan fingerprint density at radius 1 is 1.00 bits per heavy atom. The molecule has 1 saturated heterocycles. The second kappa shape index (κ2) is 7.95. The van der Waals surface area contributed by atoms with Crippen molar-refractivity contribution in [2.45, 2.75) is 70.4 Å². The van der Waals surface area contributed by atoms with Crippen LogP contribution in [-0.2, 0) is 14.4 Å². The first-order valence-corrected chi connectivity index (χ1v) is 11.9. The minimum absolute atomic E-state index is 0.0666. The first-order chi connectivity index (χ1) is 14.9. The van der Waals surface area contributed by atoms with Crippen molar-refractivity contribution in [2.24, 2.45) is 23.2 Å². The number of para-hydroxylation sites is 1. The van der Waals surface area contributed by atoms with Crippen LogP contribution in [0.4, 0.5) is 5.69 Å².